The monoisotopic (exact) mass is 150 g/mol. The Hall–Kier alpha value is -0.540. The van der Waals surface area contributed by atoms with Crippen LogP contribution in [0.1, 0.15) is 0 Å². The summed E-state index contributed by atoms with van der Waals surface area (Å²) < 4.78 is 14.0. The molecule has 0 aromatic heterocycles. The van der Waals surface area contributed by atoms with Crippen LogP contribution in [0, 0.1) is 0 Å². The molecule has 0 aromatic carbocycles. The van der Waals surface area contributed by atoms with E-state index in [0.29, 0.717) is 12.7 Å². The van der Waals surface area contributed by atoms with Gasteiger partial charge in [-0.25, -0.2) is 0 Å². The van der Waals surface area contributed by atoms with Crippen molar-refractivity contribution in [1.29, 1.82) is 0 Å². The number of guanidine groups is 1. The average molecular weight is 150 g/mol. The normalized spacial score (nSPS) is 12.6. The van der Waals surface area contributed by atoms with Gasteiger partial charge in [0.05, 0.1) is 0 Å². The van der Waals surface area contributed by atoms with Crippen molar-refractivity contribution in [3.63, 3.8) is 0 Å². The van der Waals surface area contributed by atoms with Crippen LogP contribution >= 0.6 is 7.95 Å². The lowest BCUT2D eigenvalue weighted by Crippen LogP contribution is -2.21. The molecule has 1 unspecified atom stereocenters. The lowest BCUT2D eigenvalue weighted by atomic mass is 10.8. The van der Waals surface area contributed by atoms with Crippen LogP contribution in [-0.2, 0) is 4.57 Å². The first-order valence-corrected chi connectivity index (χ1v) is 4.05. The molecule has 0 aliphatic rings. The van der Waals surface area contributed by atoms with Crippen molar-refractivity contribution in [3.05, 3.63) is 0 Å². The first-order chi connectivity index (χ1) is 4.16. The van der Waals surface area contributed by atoms with Crippen LogP contribution < -0.4 is 17.2 Å². The summed E-state index contributed by atoms with van der Waals surface area (Å²) >= 11 is 0. The zero-order chi connectivity index (χ0) is 7.28. The van der Waals surface area contributed by atoms with E-state index in [2.05, 4.69) is 4.76 Å². The van der Waals surface area contributed by atoms with Gasteiger partial charge in [0.25, 0.3) is 0 Å². The van der Waals surface area contributed by atoms with Crippen LogP contribution in [0.15, 0.2) is 4.76 Å². The first-order valence-electron chi connectivity index (χ1n) is 2.49. The summed E-state index contributed by atoms with van der Waals surface area (Å²) in [6, 6.07) is 0. The molecule has 6 N–H and O–H groups in total. The highest BCUT2D eigenvalue weighted by molar-refractivity contribution is 7.43. The van der Waals surface area contributed by atoms with Crippen molar-refractivity contribution >= 4 is 13.9 Å². The molecule has 0 fully saturated rings. The third kappa shape index (κ3) is 5.33. The van der Waals surface area contributed by atoms with Crippen molar-refractivity contribution in [2.45, 2.75) is 0 Å². The Morgan fingerprint density at radius 1 is 1.56 bits per heavy atom. The Balaban J connectivity index is 3.63. The fourth-order valence-electron chi connectivity index (χ4n) is 0.323. The van der Waals surface area contributed by atoms with Gasteiger partial charge in [-0.3, -0.25) is 0 Å². The Bertz CT molecular complexity index is 130. The van der Waals surface area contributed by atoms with Gasteiger partial charge < -0.3 is 21.8 Å². The summed E-state index contributed by atoms with van der Waals surface area (Å²) in [6.45, 7) is 0.356. The van der Waals surface area contributed by atoms with Crippen LogP contribution in [-0.4, -0.2) is 18.7 Å². The van der Waals surface area contributed by atoms with Gasteiger partial charge in [0.15, 0.2) is 13.9 Å². The van der Waals surface area contributed by atoms with Crippen LogP contribution in [0.5, 0.6) is 0 Å². The van der Waals surface area contributed by atoms with E-state index in [0.717, 1.165) is 0 Å². The number of nitrogens with two attached hydrogens (primary N) is 3. The Morgan fingerprint density at radius 3 is 2.44 bits per heavy atom. The van der Waals surface area contributed by atoms with Crippen LogP contribution in [0.25, 0.3) is 0 Å². The molecule has 54 valence electrons. The van der Waals surface area contributed by atoms with E-state index in [1.54, 1.807) is 0 Å². The lowest BCUT2D eigenvalue weighted by Gasteiger charge is -1.91. The van der Waals surface area contributed by atoms with Crippen LogP contribution in [0.4, 0.5) is 0 Å². The zero-order valence-corrected chi connectivity index (χ0v) is 6.00. The van der Waals surface area contributed by atoms with E-state index in [4.69, 9.17) is 17.2 Å². The molecule has 5 nitrogen and oxygen atoms in total. The second kappa shape index (κ2) is 4.35. The predicted octanol–water partition coefficient (Wildman–Crippen LogP) is -1.31. The molecule has 0 saturated heterocycles. The van der Waals surface area contributed by atoms with E-state index in [9.17, 15) is 4.57 Å². The molecule has 0 rings (SSSR count). The van der Waals surface area contributed by atoms with Gasteiger partial charge in [-0.1, -0.05) is 0 Å². The third-order valence-electron chi connectivity index (χ3n) is 0.612. The molecule has 0 radical (unpaired) electrons. The summed E-state index contributed by atoms with van der Waals surface area (Å²) in [7, 11) is -1.98. The van der Waals surface area contributed by atoms with Gasteiger partial charge in [-0.05, 0) is 0 Å². The highest BCUT2D eigenvalue weighted by Crippen LogP contribution is 2.19. The molecule has 6 heteroatoms. The molecular weight excluding hydrogens is 139 g/mol. The molecule has 0 saturated carbocycles. The van der Waals surface area contributed by atoms with Crippen LogP contribution in [0.2, 0.25) is 0 Å². The minimum absolute atomic E-state index is 0.132. The van der Waals surface area contributed by atoms with E-state index in [1.165, 1.54) is 0 Å². The van der Waals surface area contributed by atoms with E-state index in [-0.39, 0.29) is 5.96 Å². The van der Waals surface area contributed by atoms with Gasteiger partial charge in [0, 0.05) is 12.7 Å². The average Bonchev–Trinajstić information content (AvgIpc) is 1.63. The largest absolute Gasteiger partial charge is 0.370 e. The van der Waals surface area contributed by atoms with Gasteiger partial charge >= 0.3 is 0 Å². The molecule has 1 atom stereocenters. The zero-order valence-electron chi connectivity index (χ0n) is 5.00. The fraction of sp³-hybridized carbons (Fsp3) is 0.667. The van der Waals surface area contributed by atoms with E-state index < -0.39 is 7.95 Å². The van der Waals surface area contributed by atoms with Crippen LogP contribution in [0.3, 0.4) is 0 Å². The van der Waals surface area contributed by atoms with Gasteiger partial charge in [0.1, 0.15) is 0 Å². The third-order valence-corrected chi connectivity index (χ3v) is 1.84. The number of nitrogens with zero attached hydrogens (tertiary/aromatic N) is 1. The maximum absolute atomic E-state index is 10.6. The summed E-state index contributed by atoms with van der Waals surface area (Å²) in [5.74, 6) is -0.132. The second-order valence-corrected chi connectivity index (χ2v) is 2.98. The molecule has 0 aromatic rings. The minimum Gasteiger partial charge on any atom is -0.370 e. The fourth-order valence-corrected chi connectivity index (χ4v) is 0.970. The van der Waals surface area contributed by atoms with Crippen molar-refractivity contribution in [2.24, 2.45) is 22.0 Å². The molecule has 0 spiro atoms. The molecule has 0 bridgehead atoms. The van der Waals surface area contributed by atoms with E-state index in [1.807, 2.05) is 0 Å². The van der Waals surface area contributed by atoms with Crippen molar-refractivity contribution < 1.29 is 4.57 Å². The molecule has 9 heavy (non-hydrogen) atoms. The maximum Gasteiger partial charge on any atom is 0.192 e. The smallest absolute Gasteiger partial charge is 0.192 e. The number of rotatable bonds is 3. The standard InChI is InChI=1S/C3H11N4OP/c4-1-2-9(8)7-3(5)6/h9H,1-2,4H2,(H4,5,6,7,8). The number of hydrogen-bond acceptors (Lipinski definition) is 2. The predicted molar refractivity (Wildman–Crippen MR) is 38.7 cm³/mol. The SMILES string of the molecule is NCC[PH](=O)N=C(N)N. The summed E-state index contributed by atoms with van der Waals surface area (Å²) in [4.78, 5) is 0. The Morgan fingerprint density at radius 2 is 2.11 bits per heavy atom. The lowest BCUT2D eigenvalue weighted by molar-refractivity contribution is 0.588. The highest BCUT2D eigenvalue weighted by atomic mass is 31.1. The number of hydrogen-bond donors (Lipinski definition) is 3. The molecule has 0 amide bonds. The van der Waals surface area contributed by atoms with Crippen molar-refractivity contribution in [2.75, 3.05) is 12.7 Å². The Kier molecular flexibility index (Phi) is 4.09. The maximum atomic E-state index is 10.6. The van der Waals surface area contributed by atoms with E-state index >= 15 is 0 Å². The molecule has 0 aliphatic carbocycles. The van der Waals surface area contributed by atoms with Crippen molar-refractivity contribution in [1.82, 2.24) is 0 Å². The highest BCUT2D eigenvalue weighted by Gasteiger charge is 1.91. The quantitative estimate of drug-likeness (QED) is 0.264. The molecule has 0 heterocycles. The molecular formula is C3H11N4OP. The topological polar surface area (TPSA) is 107 Å². The molecule has 0 aliphatic heterocycles. The summed E-state index contributed by atoms with van der Waals surface area (Å²) in [6.07, 6.45) is 0.378. The summed E-state index contributed by atoms with van der Waals surface area (Å²) in [5, 5.41) is 0. The van der Waals surface area contributed by atoms with Gasteiger partial charge in [-0.2, -0.15) is 4.76 Å². The summed E-state index contributed by atoms with van der Waals surface area (Å²) in [5.41, 5.74) is 15.0. The first kappa shape index (κ1) is 8.46. The van der Waals surface area contributed by atoms with Crippen molar-refractivity contribution in [3.8, 4) is 0 Å². The van der Waals surface area contributed by atoms with Gasteiger partial charge in [0.2, 0.25) is 0 Å². The minimum atomic E-state index is -1.98. The second-order valence-electron chi connectivity index (χ2n) is 1.47. The Labute approximate surface area is 54.1 Å². The van der Waals surface area contributed by atoms with Gasteiger partial charge in [-0.15, -0.1) is 0 Å².